The largest absolute Gasteiger partial charge is 0.236 e. The molecule has 0 N–H and O–H groups in total. The van der Waals surface area contributed by atoms with E-state index >= 15 is 0 Å². The maximum Gasteiger partial charge on any atom is 0.159 e. The van der Waals surface area contributed by atoms with E-state index in [0.29, 0.717) is 0 Å². The van der Waals surface area contributed by atoms with Crippen LogP contribution in [0.15, 0.2) is 55.4 Å². The van der Waals surface area contributed by atoms with Crippen molar-refractivity contribution < 1.29 is 0 Å². The van der Waals surface area contributed by atoms with E-state index in [2.05, 4.69) is 22.6 Å². The molecule has 0 atom stereocenters. The number of rotatable bonds is 3. The zero-order valence-corrected chi connectivity index (χ0v) is 10.7. The topological polar surface area (TPSA) is 25.8 Å². The van der Waals surface area contributed by atoms with Gasteiger partial charge < -0.3 is 0 Å². The van der Waals surface area contributed by atoms with Crippen LogP contribution in [0, 0.1) is 6.92 Å². The number of benzene rings is 1. The van der Waals surface area contributed by atoms with Gasteiger partial charge in [0.2, 0.25) is 0 Å². The molecule has 2 nitrogen and oxygen atoms in total. The molecule has 0 spiro atoms. The molecular formula is C16H16N2. The fraction of sp³-hybridized carbons (Fsp3) is 0.125. The Hall–Kier alpha value is -2.22. The van der Waals surface area contributed by atoms with Crippen LogP contribution in [-0.2, 0) is 0 Å². The molecule has 0 radical (unpaired) electrons. The molecule has 0 fully saturated rings. The second-order valence-corrected chi connectivity index (χ2v) is 4.19. The molecule has 0 aliphatic heterocycles. The molecule has 0 amide bonds. The number of allylic oxidation sites excluding steroid dienone is 3. The highest BCUT2D eigenvalue weighted by Gasteiger charge is 2.02. The summed E-state index contributed by atoms with van der Waals surface area (Å²) >= 11 is 0. The van der Waals surface area contributed by atoms with Crippen LogP contribution in [0.2, 0.25) is 0 Å². The summed E-state index contributed by atoms with van der Waals surface area (Å²) < 4.78 is 0. The maximum absolute atomic E-state index is 4.34. The average molecular weight is 236 g/mol. The first-order valence-corrected chi connectivity index (χ1v) is 5.92. The summed E-state index contributed by atoms with van der Waals surface area (Å²) in [7, 11) is 0. The molecule has 2 heteroatoms. The minimum atomic E-state index is 0.746. The zero-order valence-electron chi connectivity index (χ0n) is 10.7. The Morgan fingerprint density at radius 3 is 2.61 bits per heavy atom. The van der Waals surface area contributed by atoms with Gasteiger partial charge in [0, 0.05) is 18.0 Å². The Bertz CT molecular complexity index is 580. The van der Waals surface area contributed by atoms with Crippen molar-refractivity contribution in [3.63, 3.8) is 0 Å². The van der Waals surface area contributed by atoms with Gasteiger partial charge in [-0.15, -0.1) is 0 Å². The summed E-state index contributed by atoms with van der Waals surface area (Å²) in [5.74, 6) is 0.746. The summed E-state index contributed by atoms with van der Waals surface area (Å²) in [5.41, 5.74) is 4.16. The summed E-state index contributed by atoms with van der Waals surface area (Å²) in [4.78, 5) is 8.67. The van der Waals surface area contributed by atoms with Gasteiger partial charge in [-0.1, -0.05) is 36.9 Å². The molecular weight excluding hydrogens is 220 g/mol. The van der Waals surface area contributed by atoms with Crippen LogP contribution >= 0.6 is 0 Å². The van der Waals surface area contributed by atoms with E-state index in [1.807, 2.05) is 56.6 Å². The molecule has 0 bridgehead atoms. The van der Waals surface area contributed by atoms with Crippen LogP contribution in [0.25, 0.3) is 17.0 Å². The SMILES string of the molecule is C=C(/C=C\C)c1cccc(-c2ncc(C)cn2)c1. The predicted octanol–water partition coefficient (Wildman–Crippen LogP) is 4.04. The van der Waals surface area contributed by atoms with Gasteiger partial charge in [0.15, 0.2) is 5.82 Å². The molecule has 18 heavy (non-hydrogen) atoms. The predicted molar refractivity (Wildman–Crippen MR) is 76.1 cm³/mol. The van der Waals surface area contributed by atoms with E-state index < -0.39 is 0 Å². The highest BCUT2D eigenvalue weighted by Crippen LogP contribution is 2.21. The van der Waals surface area contributed by atoms with Crippen molar-refractivity contribution in [3.05, 3.63) is 66.5 Å². The first-order chi connectivity index (χ1) is 8.70. The number of aromatic nitrogens is 2. The van der Waals surface area contributed by atoms with Crippen LogP contribution in [0.3, 0.4) is 0 Å². The zero-order chi connectivity index (χ0) is 13.0. The minimum absolute atomic E-state index is 0.746. The van der Waals surface area contributed by atoms with Gasteiger partial charge in [0.1, 0.15) is 0 Å². The number of hydrogen-bond acceptors (Lipinski definition) is 2. The van der Waals surface area contributed by atoms with Gasteiger partial charge in [-0.25, -0.2) is 9.97 Å². The number of nitrogens with zero attached hydrogens (tertiary/aromatic N) is 2. The molecule has 1 aromatic heterocycles. The van der Waals surface area contributed by atoms with Crippen LogP contribution in [0.1, 0.15) is 18.1 Å². The molecule has 1 aromatic carbocycles. The van der Waals surface area contributed by atoms with E-state index in [4.69, 9.17) is 0 Å². The summed E-state index contributed by atoms with van der Waals surface area (Å²) in [6.45, 7) is 8.00. The Morgan fingerprint density at radius 2 is 1.94 bits per heavy atom. The average Bonchev–Trinajstić information content (AvgIpc) is 2.40. The van der Waals surface area contributed by atoms with Gasteiger partial charge in [0.25, 0.3) is 0 Å². The van der Waals surface area contributed by atoms with Crippen molar-refractivity contribution in [2.75, 3.05) is 0 Å². The molecule has 0 unspecified atom stereocenters. The van der Waals surface area contributed by atoms with Gasteiger partial charge in [-0.05, 0) is 36.6 Å². The minimum Gasteiger partial charge on any atom is -0.236 e. The van der Waals surface area contributed by atoms with Crippen LogP contribution in [0.4, 0.5) is 0 Å². The van der Waals surface area contributed by atoms with Crippen molar-refractivity contribution in [1.82, 2.24) is 9.97 Å². The Kier molecular flexibility index (Phi) is 3.68. The lowest BCUT2D eigenvalue weighted by Gasteiger charge is -2.04. The lowest BCUT2D eigenvalue weighted by atomic mass is 10.0. The van der Waals surface area contributed by atoms with Crippen LogP contribution in [-0.4, -0.2) is 9.97 Å². The molecule has 2 aromatic rings. The third kappa shape index (κ3) is 2.72. The molecule has 1 heterocycles. The smallest absolute Gasteiger partial charge is 0.159 e. The van der Waals surface area contributed by atoms with Crippen LogP contribution in [0.5, 0.6) is 0 Å². The maximum atomic E-state index is 4.34. The second kappa shape index (κ2) is 5.41. The van der Waals surface area contributed by atoms with Gasteiger partial charge in [-0.2, -0.15) is 0 Å². The van der Waals surface area contributed by atoms with Gasteiger partial charge in [-0.3, -0.25) is 0 Å². The van der Waals surface area contributed by atoms with E-state index in [-0.39, 0.29) is 0 Å². The molecule has 2 rings (SSSR count). The highest BCUT2D eigenvalue weighted by atomic mass is 14.9. The Balaban J connectivity index is 2.38. The molecule has 0 saturated carbocycles. The molecule has 0 aliphatic rings. The summed E-state index contributed by atoms with van der Waals surface area (Å²) in [6, 6.07) is 8.12. The van der Waals surface area contributed by atoms with E-state index in [0.717, 1.165) is 28.1 Å². The Morgan fingerprint density at radius 1 is 1.22 bits per heavy atom. The second-order valence-electron chi connectivity index (χ2n) is 4.19. The number of aryl methyl sites for hydroxylation is 1. The van der Waals surface area contributed by atoms with Crippen molar-refractivity contribution in [1.29, 1.82) is 0 Å². The lowest BCUT2D eigenvalue weighted by Crippen LogP contribution is -1.90. The summed E-state index contributed by atoms with van der Waals surface area (Å²) in [6.07, 6.45) is 7.64. The quantitative estimate of drug-likeness (QED) is 0.751. The van der Waals surface area contributed by atoms with Crippen molar-refractivity contribution in [2.45, 2.75) is 13.8 Å². The van der Waals surface area contributed by atoms with Gasteiger partial charge in [0.05, 0.1) is 0 Å². The van der Waals surface area contributed by atoms with Crippen molar-refractivity contribution in [2.24, 2.45) is 0 Å². The third-order valence-electron chi connectivity index (χ3n) is 2.64. The van der Waals surface area contributed by atoms with E-state index in [9.17, 15) is 0 Å². The Labute approximate surface area is 108 Å². The van der Waals surface area contributed by atoms with Crippen molar-refractivity contribution >= 4 is 5.57 Å². The standard InChI is InChI=1S/C16H16N2/c1-4-6-13(3)14-7-5-8-15(9-14)16-17-10-12(2)11-18-16/h4-11H,3H2,1-2H3/b6-4-. The third-order valence-corrected chi connectivity index (χ3v) is 2.64. The molecule has 0 aliphatic carbocycles. The van der Waals surface area contributed by atoms with Gasteiger partial charge >= 0.3 is 0 Å². The number of hydrogen-bond donors (Lipinski definition) is 0. The highest BCUT2D eigenvalue weighted by molar-refractivity contribution is 5.74. The first kappa shape index (κ1) is 12.2. The summed E-state index contributed by atoms with van der Waals surface area (Å²) in [5, 5.41) is 0. The first-order valence-electron chi connectivity index (χ1n) is 5.92. The molecule has 0 saturated heterocycles. The van der Waals surface area contributed by atoms with Crippen molar-refractivity contribution in [3.8, 4) is 11.4 Å². The monoisotopic (exact) mass is 236 g/mol. The van der Waals surface area contributed by atoms with E-state index in [1.54, 1.807) is 0 Å². The lowest BCUT2D eigenvalue weighted by molar-refractivity contribution is 1.14. The molecule has 90 valence electrons. The fourth-order valence-corrected chi connectivity index (χ4v) is 1.70. The fourth-order valence-electron chi connectivity index (χ4n) is 1.70. The van der Waals surface area contributed by atoms with Crippen LogP contribution < -0.4 is 0 Å². The van der Waals surface area contributed by atoms with E-state index in [1.165, 1.54) is 0 Å². The normalized spacial score (nSPS) is 10.8.